The first kappa shape index (κ1) is 13.2. The lowest BCUT2D eigenvalue weighted by molar-refractivity contribution is -0.155. The molecule has 0 N–H and O–H groups in total. The number of esters is 1. The summed E-state index contributed by atoms with van der Waals surface area (Å²) < 4.78 is 4.40. The van der Waals surface area contributed by atoms with Gasteiger partial charge in [-0.05, 0) is 19.4 Å². The van der Waals surface area contributed by atoms with Gasteiger partial charge in [0.25, 0.3) is 0 Å². The maximum absolute atomic E-state index is 11.4. The smallest absolute Gasteiger partial charge is 0.324 e. The lowest BCUT2D eigenvalue weighted by Gasteiger charge is -2.10. The second-order valence-electron chi connectivity index (χ2n) is 2.98. The Balaban J connectivity index is 4.74. The number of ketones is 2. The highest BCUT2D eigenvalue weighted by Crippen LogP contribution is 2.09. The molecule has 0 aromatic carbocycles. The molecule has 0 aromatic rings. The zero-order chi connectivity index (χ0) is 12.0. The third-order valence-corrected chi connectivity index (χ3v) is 1.62. The third kappa shape index (κ3) is 3.84. The van der Waals surface area contributed by atoms with Gasteiger partial charge in [0.1, 0.15) is 6.61 Å². The molecule has 0 bridgehead atoms. The van der Waals surface area contributed by atoms with Crippen LogP contribution < -0.4 is 0 Å². The van der Waals surface area contributed by atoms with Crippen molar-refractivity contribution in [2.45, 2.75) is 13.8 Å². The minimum absolute atomic E-state index is 0.0956. The van der Waals surface area contributed by atoms with Crippen LogP contribution in [-0.4, -0.2) is 30.4 Å². The van der Waals surface area contributed by atoms with E-state index in [1.165, 1.54) is 6.92 Å². The Labute approximate surface area is 87.1 Å². The minimum Gasteiger partial charge on any atom is -0.457 e. The van der Waals surface area contributed by atoms with E-state index in [4.69, 9.17) is 0 Å². The average Bonchev–Trinajstić information content (AvgIpc) is 2.14. The van der Waals surface area contributed by atoms with Crippen LogP contribution in [0.25, 0.3) is 0 Å². The van der Waals surface area contributed by atoms with E-state index in [9.17, 15) is 19.2 Å². The first-order chi connectivity index (χ1) is 6.91. The Morgan fingerprint density at radius 1 is 1.33 bits per heavy atom. The van der Waals surface area contributed by atoms with E-state index in [0.717, 1.165) is 6.92 Å². The van der Waals surface area contributed by atoms with Crippen molar-refractivity contribution in [3.63, 3.8) is 0 Å². The van der Waals surface area contributed by atoms with Crippen molar-refractivity contribution >= 4 is 23.8 Å². The fourth-order valence-corrected chi connectivity index (χ4v) is 0.904. The van der Waals surface area contributed by atoms with E-state index >= 15 is 0 Å². The molecule has 1 atom stereocenters. The van der Waals surface area contributed by atoms with Crippen LogP contribution in [0.15, 0.2) is 12.2 Å². The Bertz CT molecular complexity index is 316. The summed E-state index contributed by atoms with van der Waals surface area (Å²) in [6.07, 6.45) is 0.361. The second kappa shape index (κ2) is 5.85. The van der Waals surface area contributed by atoms with Crippen LogP contribution in [0.4, 0.5) is 0 Å². The summed E-state index contributed by atoms with van der Waals surface area (Å²) in [5, 5.41) is 0. The minimum atomic E-state index is -1.50. The molecule has 0 spiro atoms. The molecule has 0 saturated carbocycles. The number of rotatable bonds is 6. The quantitative estimate of drug-likeness (QED) is 0.269. The van der Waals surface area contributed by atoms with Gasteiger partial charge in [-0.1, -0.05) is 6.58 Å². The summed E-state index contributed by atoms with van der Waals surface area (Å²) in [6.45, 7) is 5.37. The van der Waals surface area contributed by atoms with Crippen LogP contribution in [0.5, 0.6) is 0 Å². The summed E-state index contributed by atoms with van der Waals surface area (Å²) in [5.41, 5.74) is 0.0956. The Morgan fingerprint density at radius 2 is 1.87 bits per heavy atom. The molecular formula is C10H12O5. The zero-order valence-corrected chi connectivity index (χ0v) is 8.61. The fraction of sp³-hybridized carbons (Fsp3) is 0.400. The third-order valence-electron chi connectivity index (χ3n) is 1.62. The first-order valence-electron chi connectivity index (χ1n) is 4.22. The van der Waals surface area contributed by atoms with E-state index in [0.29, 0.717) is 6.29 Å². The van der Waals surface area contributed by atoms with Crippen molar-refractivity contribution in [1.82, 2.24) is 0 Å². The summed E-state index contributed by atoms with van der Waals surface area (Å²) >= 11 is 0. The molecule has 15 heavy (non-hydrogen) atoms. The lowest BCUT2D eigenvalue weighted by atomic mass is 9.96. The van der Waals surface area contributed by atoms with Gasteiger partial charge in [-0.15, -0.1) is 0 Å². The topological polar surface area (TPSA) is 77.5 Å². The first-order valence-corrected chi connectivity index (χ1v) is 4.22. The highest BCUT2D eigenvalue weighted by atomic mass is 16.5. The molecule has 0 saturated heterocycles. The molecule has 0 fully saturated rings. The summed E-state index contributed by atoms with van der Waals surface area (Å²) in [5.74, 6) is -3.82. The normalized spacial score (nSPS) is 11.3. The van der Waals surface area contributed by atoms with E-state index < -0.39 is 30.1 Å². The maximum Gasteiger partial charge on any atom is 0.324 e. The molecule has 0 rings (SSSR count). The van der Waals surface area contributed by atoms with Gasteiger partial charge in [0.15, 0.2) is 23.8 Å². The molecule has 0 aliphatic heterocycles. The van der Waals surface area contributed by atoms with Gasteiger partial charge in [-0.3, -0.25) is 19.2 Å². The van der Waals surface area contributed by atoms with Gasteiger partial charge in [0.2, 0.25) is 0 Å². The van der Waals surface area contributed by atoms with E-state index in [1.54, 1.807) is 0 Å². The van der Waals surface area contributed by atoms with Crippen molar-refractivity contribution in [1.29, 1.82) is 0 Å². The molecular weight excluding hydrogens is 200 g/mol. The number of hydrogen-bond donors (Lipinski definition) is 0. The van der Waals surface area contributed by atoms with Crippen molar-refractivity contribution in [3.8, 4) is 0 Å². The molecule has 82 valence electrons. The van der Waals surface area contributed by atoms with E-state index in [1.807, 2.05) is 0 Å². The highest BCUT2D eigenvalue weighted by Gasteiger charge is 2.32. The number of carbonyl (C=O) groups excluding carboxylic acids is 4. The van der Waals surface area contributed by atoms with Gasteiger partial charge < -0.3 is 4.74 Å². The molecule has 1 unspecified atom stereocenters. The van der Waals surface area contributed by atoms with Crippen LogP contribution in [0.2, 0.25) is 0 Å². The monoisotopic (exact) mass is 212 g/mol. The number of Topliss-reactive ketones (excluding diaryl/α,β-unsaturated/α-hetero) is 2. The van der Waals surface area contributed by atoms with Crippen LogP contribution >= 0.6 is 0 Å². The average molecular weight is 212 g/mol. The van der Waals surface area contributed by atoms with Gasteiger partial charge in [0.05, 0.1) is 0 Å². The molecule has 0 amide bonds. The molecule has 0 aliphatic rings. The van der Waals surface area contributed by atoms with Crippen LogP contribution in [0, 0.1) is 5.92 Å². The van der Waals surface area contributed by atoms with Crippen molar-refractivity contribution in [2.24, 2.45) is 5.92 Å². The van der Waals surface area contributed by atoms with Gasteiger partial charge in [0, 0.05) is 0 Å². The summed E-state index contributed by atoms with van der Waals surface area (Å²) in [4.78, 5) is 43.6. The Kier molecular flexibility index (Phi) is 5.15. The Morgan fingerprint density at radius 3 is 2.20 bits per heavy atom. The molecule has 5 heteroatoms. The molecule has 0 aromatic heterocycles. The zero-order valence-electron chi connectivity index (χ0n) is 8.61. The van der Waals surface area contributed by atoms with Crippen LogP contribution in [0.3, 0.4) is 0 Å². The summed E-state index contributed by atoms with van der Waals surface area (Å²) in [7, 11) is 0. The molecule has 0 radical (unpaired) electrons. The summed E-state index contributed by atoms with van der Waals surface area (Å²) in [6, 6.07) is 0. The number of carbonyl (C=O) groups is 4. The number of ether oxygens (including phenoxy) is 1. The molecule has 0 aliphatic carbocycles. The molecule has 0 heterocycles. The maximum atomic E-state index is 11.4. The number of hydrogen-bond acceptors (Lipinski definition) is 5. The van der Waals surface area contributed by atoms with Crippen molar-refractivity contribution < 1.29 is 23.9 Å². The predicted molar refractivity (Wildman–Crippen MR) is 51.0 cm³/mol. The Hall–Kier alpha value is -1.78. The largest absolute Gasteiger partial charge is 0.457 e. The van der Waals surface area contributed by atoms with Crippen LogP contribution in [-0.2, 0) is 23.9 Å². The van der Waals surface area contributed by atoms with Crippen LogP contribution in [0.1, 0.15) is 13.8 Å². The van der Waals surface area contributed by atoms with Gasteiger partial charge in [-0.2, -0.15) is 0 Å². The number of aldehydes is 1. The van der Waals surface area contributed by atoms with Crippen molar-refractivity contribution in [2.75, 3.05) is 6.61 Å². The van der Waals surface area contributed by atoms with E-state index in [2.05, 4.69) is 11.3 Å². The fourth-order valence-electron chi connectivity index (χ4n) is 0.904. The van der Waals surface area contributed by atoms with Gasteiger partial charge >= 0.3 is 5.97 Å². The molecule has 5 nitrogen and oxygen atoms in total. The van der Waals surface area contributed by atoms with Gasteiger partial charge in [-0.25, -0.2) is 0 Å². The second-order valence-corrected chi connectivity index (χ2v) is 2.98. The van der Waals surface area contributed by atoms with Crippen molar-refractivity contribution in [3.05, 3.63) is 12.2 Å². The standard InChI is InChI=1S/C10H12O5/c1-6(2)9(13)8(7(3)12)10(14)15-5-4-11/h4,8H,1,5H2,2-3H3. The highest BCUT2D eigenvalue weighted by molar-refractivity contribution is 6.21. The number of allylic oxidation sites excluding steroid dienone is 1. The lowest BCUT2D eigenvalue weighted by Crippen LogP contribution is -2.32. The predicted octanol–water partition coefficient (Wildman–Crippen LogP) is 0.0789. The van der Waals surface area contributed by atoms with E-state index in [-0.39, 0.29) is 5.57 Å². The SMILES string of the molecule is C=C(C)C(=O)C(C(C)=O)C(=O)OCC=O.